The molecule has 2 saturated heterocycles. The summed E-state index contributed by atoms with van der Waals surface area (Å²) >= 11 is 0. The number of fused-ring (bicyclic) bond motifs is 1. The Hall–Kier alpha value is -1.16. The van der Waals surface area contributed by atoms with Gasteiger partial charge in [0, 0.05) is 18.4 Å². The molecular weight excluding hydrogens is 187 g/mol. The molecule has 1 spiro atoms. The van der Waals surface area contributed by atoms with Crippen LogP contribution in [0.4, 0.5) is 4.39 Å². The standard InChI is InChI=1S/C10H9FO3/c11-8-7-5-13-9(12)6(7)1-2-10(8)3-4-14-10/h1H,2-5H2. The highest BCUT2D eigenvalue weighted by Gasteiger charge is 2.48. The summed E-state index contributed by atoms with van der Waals surface area (Å²) in [5, 5.41) is 0. The van der Waals surface area contributed by atoms with Crippen LogP contribution < -0.4 is 0 Å². The maximum Gasteiger partial charge on any atom is 0.338 e. The fourth-order valence-electron chi connectivity index (χ4n) is 2.12. The highest BCUT2D eigenvalue weighted by atomic mass is 19.1. The summed E-state index contributed by atoms with van der Waals surface area (Å²) in [6, 6.07) is 0. The Bertz CT molecular complexity index is 377. The van der Waals surface area contributed by atoms with Crippen LogP contribution in [0.2, 0.25) is 0 Å². The molecule has 0 bridgehead atoms. The van der Waals surface area contributed by atoms with Crippen LogP contribution in [-0.2, 0) is 14.3 Å². The minimum atomic E-state index is -0.757. The van der Waals surface area contributed by atoms with Crippen LogP contribution in [0.25, 0.3) is 0 Å². The lowest BCUT2D eigenvalue weighted by Crippen LogP contribution is -2.45. The van der Waals surface area contributed by atoms with Gasteiger partial charge < -0.3 is 9.47 Å². The molecular formula is C10H9FO3. The first-order chi connectivity index (χ1) is 6.73. The first-order valence-electron chi connectivity index (χ1n) is 4.64. The van der Waals surface area contributed by atoms with Crippen LogP contribution in [-0.4, -0.2) is 24.8 Å². The lowest BCUT2D eigenvalue weighted by atomic mass is 9.81. The molecule has 1 atom stereocenters. The molecule has 4 heteroatoms. The molecule has 0 amide bonds. The number of hydrogen-bond acceptors (Lipinski definition) is 3. The molecule has 74 valence electrons. The molecule has 2 heterocycles. The summed E-state index contributed by atoms with van der Waals surface area (Å²) in [6.45, 7) is 0.653. The van der Waals surface area contributed by atoms with Gasteiger partial charge >= 0.3 is 5.97 Å². The van der Waals surface area contributed by atoms with Crippen molar-refractivity contribution in [2.45, 2.75) is 18.4 Å². The molecule has 0 radical (unpaired) electrons. The molecule has 3 nitrogen and oxygen atoms in total. The van der Waals surface area contributed by atoms with Crippen LogP contribution in [0.15, 0.2) is 23.0 Å². The Balaban J connectivity index is 2.06. The maximum atomic E-state index is 13.9. The summed E-state index contributed by atoms with van der Waals surface area (Å²) in [5.41, 5.74) is 0.0249. The van der Waals surface area contributed by atoms with Gasteiger partial charge in [-0.2, -0.15) is 0 Å². The normalized spacial score (nSPS) is 35.2. The topological polar surface area (TPSA) is 35.5 Å². The van der Waals surface area contributed by atoms with Gasteiger partial charge in [0.25, 0.3) is 0 Å². The Labute approximate surface area is 80.2 Å². The number of ether oxygens (including phenoxy) is 2. The molecule has 3 rings (SSSR count). The fourth-order valence-corrected chi connectivity index (χ4v) is 2.12. The van der Waals surface area contributed by atoms with E-state index in [1.807, 2.05) is 0 Å². The van der Waals surface area contributed by atoms with Crippen LogP contribution in [0.5, 0.6) is 0 Å². The zero-order chi connectivity index (χ0) is 9.76. The summed E-state index contributed by atoms with van der Waals surface area (Å²) < 4.78 is 23.9. The van der Waals surface area contributed by atoms with Crippen LogP contribution in [0, 0.1) is 0 Å². The van der Waals surface area contributed by atoms with E-state index in [-0.39, 0.29) is 12.4 Å². The number of carbonyl (C=O) groups excluding carboxylic acids is 1. The Morgan fingerprint density at radius 1 is 1.50 bits per heavy atom. The van der Waals surface area contributed by atoms with Gasteiger partial charge in [0.1, 0.15) is 18.0 Å². The quantitative estimate of drug-likeness (QED) is 0.547. The summed E-state index contributed by atoms with van der Waals surface area (Å²) in [4.78, 5) is 11.1. The average molecular weight is 196 g/mol. The van der Waals surface area contributed by atoms with Gasteiger partial charge in [-0.05, 0) is 0 Å². The SMILES string of the molecule is O=C1OCC2=C(F)C3(CC=C12)CCO3. The number of carbonyl (C=O) groups is 1. The highest BCUT2D eigenvalue weighted by molar-refractivity contribution is 5.97. The minimum Gasteiger partial charge on any atom is -0.457 e. The smallest absolute Gasteiger partial charge is 0.338 e. The number of rotatable bonds is 0. The van der Waals surface area contributed by atoms with E-state index in [9.17, 15) is 9.18 Å². The van der Waals surface area contributed by atoms with Crippen molar-refractivity contribution in [1.82, 2.24) is 0 Å². The number of hydrogen-bond donors (Lipinski definition) is 0. The van der Waals surface area contributed by atoms with Gasteiger partial charge in [-0.15, -0.1) is 0 Å². The number of cyclic esters (lactones) is 1. The van der Waals surface area contributed by atoms with Crippen LogP contribution >= 0.6 is 0 Å². The van der Waals surface area contributed by atoms with Crippen molar-refractivity contribution >= 4 is 5.97 Å². The maximum absolute atomic E-state index is 13.9. The van der Waals surface area contributed by atoms with Crippen molar-refractivity contribution < 1.29 is 18.7 Å². The number of esters is 1. The summed E-state index contributed by atoms with van der Waals surface area (Å²) in [7, 11) is 0. The van der Waals surface area contributed by atoms with E-state index in [4.69, 9.17) is 9.47 Å². The van der Waals surface area contributed by atoms with Gasteiger partial charge in [-0.3, -0.25) is 0 Å². The molecule has 1 unspecified atom stereocenters. The van der Waals surface area contributed by atoms with E-state index in [1.165, 1.54) is 0 Å². The van der Waals surface area contributed by atoms with Gasteiger partial charge in [-0.1, -0.05) is 6.08 Å². The van der Waals surface area contributed by atoms with Crippen LogP contribution in [0.1, 0.15) is 12.8 Å². The van der Waals surface area contributed by atoms with Crippen molar-refractivity contribution in [2.75, 3.05) is 13.2 Å². The molecule has 0 saturated carbocycles. The molecule has 1 aliphatic carbocycles. The van der Waals surface area contributed by atoms with E-state index < -0.39 is 11.6 Å². The van der Waals surface area contributed by atoms with Crippen molar-refractivity contribution in [3.63, 3.8) is 0 Å². The molecule has 0 aromatic heterocycles. The zero-order valence-electron chi connectivity index (χ0n) is 7.51. The van der Waals surface area contributed by atoms with Crippen molar-refractivity contribution in [3.05, 3.63) is 23.0 Å². The second kappa shape index (κ2) is 2.45. The number of halogens is 1. The van der Waals surface area contributed by atoms with E-state index in [0.29, 0.717) is 30.6 Å². The van der Waals surface area contributed by atoms with Gasteiger partial charge in [-0.25, -0.2) is 9.18 Å². The van der Waals surface area contributed by atoms with Gasteiger partial charge in [0.2, 0.25) is 0 Å². The second-order valence-corrected chi connectivity index (χ2v) is 3.78. The van der Waals surface area contributed by atoms with E-state index in [1.54, 1.807) is 6.08 Å². The third-order valence-corrected chi connectivity index (χ3v) is 3.08. The fraction of sp³-hybridized carbons (Fsp3) is 0.500. The third-order valence-electron chi connectivity index (χ3n) is 3.08. The molecule has 2 aliphatic heterocycles. The van der Waals surface area contributed by atoms with Crippen molar-refractivity contribution in [1.29, 1.82) is 0 Å². The van der Waals surface area contributed by atoms with E-state index >= 15 is 0 Å². The highest BCUT2D eigenvalue weighted by Crippen LogP contribution is 2.46. The Morgan fingerprint density at radius 2 is 2.29 bits per heavy atom. The lowest BCUT2D eigenvalue weighted by Gasteiger charge is -2.42. The Kier molecular flexibility index (Phi) is 1.43. The summed E-state index contributed by atoms with van der Waals surface area (Å²) in [6.07, 6.45) is 2.87. The Morgan fingerprint density at radius 3 is 2.93 bits per heavy atom. The summed E-state index contributed by atoms with van der Waals surface area (Å²) in [5.74, 6) is -0.712. The third kappa shape index (κ3) is 0.817. The average Bonchev–Trinajstić information content (AvgIpc) is 2.47. The molecule has 0 N–H and O–H groups in total. The minimum absolute atomic E-state index is 0.0572. The zero-order valence-corrected chi connectivity index (χ0v) is 7.51. The monoisotopic (exact) mass is 196 g/mol. The van der Waals surface area contributed by atoms with Gasteiger partial charge in [0.05, 0.1) is 12.2 Å². The first kappa shape index (κ1) is 8.17. The molecule has 0 aromatic rings. The molecule has 14 heavy (non-hydrogen) atoms. The molecule has 2 fully saturated rings. The largest absolute Gasteiger partial charge is 0.457 e. The van der Waals surface area contributed by atoms with Crippen LogP contribution in [0.3, 0.4) is 0 Å². The van der Waals surface area contributed by atoms with E-state index in [2.05, 4.69) is 0 Å². The molecule has 3 aliphatic rings. The first-order valence-corrected chi connectivity index (χ1v) is 4.64. The second-order valence-electron chi connectivity index (χ2n) is 3.78. The predicted molar refractivity (Wildman–Crippen MR) is 45.1 cm³/mol. The van der Waals surface area contributed by atoms with Crippen molar-refractivity contribution in [3.8, 4) is 0 Å². The van der Waals surface area contributed by atoms with Gasteiger partial charge in [0.15, 0.2) is 0 Å². The lowest BCUT2D eigenvalue weighted by molar-refractivity contribution is -0.135. The molecule has 0 aromatic carbocycles. The van der Waals surface area contributed by atoms with E-state index in [0.717, 1.165) is 0 Å². The predicted octanol–water partition coefficient (Wildman–Crippen LogP) is 1.26. The van der Waals surface area contributed by atoms with Crippen molar-refractivity contribution in [2.24, 2.45) is 0 Å².